The van der Waals surface area contributed by atoms with Gasteiger partial charge in [0.15, 0.2) is 0 Å². The van der Waals surface area contributed by atoms with Crippen LogP contribution in [-0.2, 0) is 4.79 Å². The van der Waals surface area contributed by atoms with Crippen LogP contribution in [0.5, 0.6) is 0 Å². The lowest BCUT2D eigenvalue weighted by Crippen LogP contribution is -2.51. The largest absolute Gasteiger partial charge is 0.341 e. The van der Waals surface area contributed by atoms with Crippen molar-refractivity contribution in [1.29, 1.82) is 0 Å². The van der Waals surface area contributed by atoms with Crippen molar-refractivity contribution in [2.24, 2.45) is 0 Å². The van der Waals surface area contributed by atoms with E-state index in [0.717, 1.165) is 64.3 Å². The summed E-state index contributed by atoms with van der Waals surface area (Å²) in [6, 6.07) is 0.405. The lowest BCUT2D eigenvalue weighted by molar-refractivity contribution is -0.133. The number of carbonyl (C=O) groups excluding carboxylic acids is 2. The maximum absolute atomic E-state index is 12.1. The number of piperidine rings is 1. The van der Waals surface area contributed by atoms with Crippen LogP contribution in [0.2, 0.25) is 0 Å². The van der Waals surface area contributed by atoms with Crippen LogP contribution in [0.25, 0.3) is 0 Å². The van der Waals surface area contributed by atoms with Crippen molar-refractivity contribution in [3.63, 3.8) is 0 Å². The molecule has 0 radical (unpaired) electrons. The monoisotopic (exact) mass is 346 g/mol. The fourth-order valence-electron chi connectivity index (χ4n) is 3.81. The Morgan fingerprint density at radius 1 is 1.12 bits per heavy atom. The van der Waals surface area contributed by atoms with E-state index in [-0.39, 0.29) is 6.03 Å². The molecule has 8 heteroatoms. The average molecular weight is 346 g/mol. The highest BCUT2D eigenvalue weighted by atomic mass is 16.2. The molecule has 3 saturated heterocycles. The fourth-order valence-corrected chi connectivity index (χ4v) is 3.81. The number of amides is 3. The van der Waals surface area contributed by atoms with Gasteiger partial charge in [-0.2, -0.15) is 5.10 Å². The van der Waals surface area contributed by atoms with E-state index >= 15 is 0 Å². The first kappa shape index (κ1) is 16.4. The molecule has 0 bridgehead atoms. The van der Waals surface area contributed by atoms with Crippen LogP contribution in [0.15, 0.2) is 12.4 Å². The zero-order valence-electron chi connectivity index (χ0n) is 14.8. The van der Waals surface area contributed by atoms with Gasteiger partial charge in [0.25, 0.3) is 0 Å². The summed E-state index contributed by atoms with van der Waals surface area (Å²) in [7, 11) is 1.82. The lowest BCUT2D eigenvalue weighted by Gasteiger charge is -2.40. The first-order valence-electron chi connectivity index (χ1n) is 9.19. The first-order valence-corrected chi connectivity index (χ1v) is 9.19. The van der Waals surface area contributed by atoms with E-state index in [1.807, 2.05) is 22.8 Å². The predicted molar refractivity (Wildman–Crippen MR) is 93.5 cm³/mol. The van der Waals surface area contributed by atoms with Crippen molar-refractivity contribution in [2.75, 3.05) is 57.8 Å². The van der Waals surface area contributed by atoms with Crippen LogP contribution in [0.3, 0.4) is 0 Å². The molecule has 3 aliphatic heterocycles. The summed E-state index contributed by atoms with van der Waals surface area (Å²) in [6.45, 7) is 6.08. The van der Waals surface area contributed by atoms with Gasteiger partial charge in [-0.25, -0.2) is 4.79 Å². The quantitative estimate of drug-likeness (QED) is 0.784. The summed E-state index contributed by atoms with van der Waals surface area (Å²) in [4.78, 5) is 31.8. The minimum atomic E-state index is 0.0426. The van der Waals surface area contributed by atoms with Gasteiger partial charge in [-0.15, -0.1) is 0 Å². The van der Waals surface area contributed by atoms with Crippen molar-refractivity contribution < 1.29 is 9.59 Å². The molecule has 3 amide bonds. The predicted octanol–water partition coefficient (Wildman–Crippen LogP) is 0.624. The molecule has 1 aromatic rings. The second-order valence-corrected chi connectivity index (χ2v) is 7.29. The van der Waals surface area contributed by atoms with Crippen molar-refractivity contribution in [3.05, 3.63) is 12.4 Å². The molecule has 8 nitrogen and oxygen atoms in total. The topological polar surface area (TPSA) is 64.9 Å². The van der Waals surface area contributed by atoms with E-state index in [1.165, 1.54) is 0 Å². The molecule has 0 aromatic carbocycles. The maximum Gasteiger partial charge on any atom is 0.324 e. The highest BCUT2D eigenvalue weighted by molar-refractivity contribution is 5.93. The molecule has 0 atom stereocenters. The molecule has 0 aliphatic carbocycles. The Kier molecular flexibility index (Phi) is 4.37. The maximum atomic E-state index is 12.1. The van der Waals surface area contributed by atoms with Gasteiger partial charge in [0.1, 0.15) is 0 Å². The van der Waals surface area contributed by atoms with Gasteiger partial charge < -0.3 is 9.80 Å². The van der Waals surface area contributed by atoms with Crippen molar-refractivity contribution in [1.82, 2.24) is 24.5 Å². The summed E-state index contributed by atoms with van der Waals surface area (Å²) < 4.78 is 1.98. The van der Waals surface area contributed by atoms with E-state index in [1.54, 1.807) is 16.0 Å². The number of carbonyl (C=O) groups is 2. The Bertz CT molecular complexity index is 653. The molecule has 0 N–H and O–H groups in total. The molecule has 0 spiro atoms. The number of anilines is 1. The molecule has 3 fully saturated rings. The second-order valence-electron chi connectivity index (χ2n) is 7.29. The van der Waals surface area contributed by atoms with Crippen LogP contribution < -0.4 is 4.90 Å². The minimum Gasteiger partial charge on any atom is -0.341 e. The van der Waals surface area contributed by atoms with E-state index in [9.17, 15) is 9.59 Å². The molecule has 3 aliphatic rings. The average Bonchev–Trinajstić information content (AvgIpc) is 3.16. The Morgan fingerprint density at radius 3 is 2.68 bits per heavy atom. The van der Waals surface area contributed by atoms with Crippen LogP contribution in [0, 0.1) is 0 Å². The molecular weight excluding hydrogens is 320 g/mol. The SMILES string of the molecule is CN1CCN(c2cnn(C3CN(CCN4CCCCC4=O)C3)c2)C1=O. The van der Waals surface area contributed by atoms with Gasteiger partial charge in [-0.05, 0) is 12.8 Å². The van der Waals surface area contributed by atoms with Gasteiger partial charge in [0, 0.05) is 65.5 Å². The van der Waals surface area contributed by atoms with E-state index in [4.69, 9.17) is 0 Å². The number of aromatic nitrogens is 2. The van der Waals surface area contributed by atoms with Crippen LogP contribution in [-0.4, -0.2) is 89.3 Å². The molecule has 1 aromatic heterocycles. The zero-order valence-corrected chi connectivity index (χ0v) is 14.8. The number of urea groups is 1. The first-order chi connectivity index (χ1) is 12.1. The van der Waals surface area contributed by atoms with E-state index in [2.05, 4.69) is 10.00 Å². The van der Waals surface area contributed by atoms with Gasteiger partial charge in [-0.3, -0.25) is 19.3 Å². The molecule has 4 rings (SSSR count). The Labute approximate surface area is 147 Å². The molecule has 136 valence electrons. The normalized spacial score (nSPS) is 22.8. The lowest BCUT2D eigenvalue weighted by atomic mass is 10.1. The van der Waals surface area contributed by atoms with Gasteiger partial charge in [0.05, 0.1) is 17.9 Å². The number of likely N-dealkylation sites (N-methyl/N-ethyl adjacent to an activating group) is 1. The van der Waals surface area contributed by atoms with Crippen LogP contribution >= 0.6 is 0 Å². The molecule has 0 unspecified atom stereocenters. The minimum absolute atomic E-state index is 0.0426. The summed E-state index contributed by atoms with van der Waals surface area (Å²) >= 11 is 0. The number of nitrogens with zero attached hydrogens (tertiary/aromatic N) is 6. The highest BCUT2D eigenvalue weighted by Gasteiger charge is 2.32. The van der Waals surface area contributed by atoms with Crippen LogP contribution in [0.4, 0.5) is 10.5 Å². The fraction of sp³-hybridized carbons (Fsp3) is 0.706. The van der Waals surface area contributed by atoms with Gasteiger partial charge in [0.2, 0.25) is 5.91 Å². The Hall–Kier alpha value is -2.09. The number of rotatable bonds is 5. The molecule has 4 heterocycles. The van der Waals surface area contributed by atoms with Crippen molar-refractivity contribution >= 4 is 17.6 Å². The van der Waals surface area contributed by atoms with Crippen molar-refractivity contribution in [2.45, 2.75) is 25.3 Å². The number of hydrogen-bond donors (Lipinski definition) is 0. The number of likely N-dealkylation sites (tertiary alicyclic amines) is 2. The molecule has 0 saturated carbocycles. The summed E-state index contributed by atoms with van der Waals surface area (Å²) in [5, 5.41) is 4.45. The smallest absolute Gasteiger partial charge is 0.324 e. The highest BCUT2D eigenvalue weighted by Crippen LogP contribution is 2.25. The summed E-state index contributed by atoms with van der Waals surface area (Å²) in [6.07, 6.45) is 6.65. The van der Waals surface area contributed by atoms with E-state index in [0.29, 0.717) is 18.4 Å². The summed E-state index contributed by atoms with van der Waals surface area (Å²) in [5.74, 6) is 0.306. The number of hydrogen-bond acceptors (Lipinski definition) is 4. The van der Waals surface area contributed by atoms with Gasteiger partial charge in [-0.1, -0.05) is 0 Å². The van der Waals surface area contributed by atoms with Crippen LogP contribution in [0.1, 0.15) is 25.3 Å². The third-order valence-corrected chi connectivity index (χ3v) is 5.54. The third-order valence-electron chi connectivity index (χ3n) is 5.54. The Balaban J connectivity index is 1.25. The zero-order chi connectivity index (χ0) is 17.4. The standard InChI is InChI=1S/C17H26N6O2/c1-19-6-9-22(17(19)25)14-10-18-23(13-14)15-11-20(12-15)7-8-21-5-3-2-4-16(21)24/h10,13,15H,2-9,11-12H2,1H3. The molecular formula is C17H26N6O2. The van der Waals surface area contributed by atoms with Gasteiger partial charge >= 0.3 is 6.03 Å². The third kappa shape index (κ3) is 3.22. The second kappa shape index (κ2) is 6.67. The molecule has 25 heavy (non-hydrogen) atoms. The van der Waals surface area contributed by atoms with E-state index < -0.39 is 0 Å². The summed E-state index contributed by atoms with van der Waals surface area (Å²) in [5.41, 5.74) is 0.881. The Morgan fingerprint density at radius 2 is 1.96 bits per heavy atom. The van der Waals surface area contributed by atoms with Crippen molar-refractivity contribution in [3.8, 4) is 0 Å².